The highest BCUT2D eigenvalue weighted by Gasteiger charge is 2.16. The molecule has 0 aliphatic carbocycles. The summed E-state index contributed by atoms with van der Waals surface area (Å²) in [5.74, 6) is -2.79. The number of fused-ring (bicyclic) bond motifs is 1. The van der Waals surface area contributed by atoms with E-state index in [1.807, 2.05) is 42.5 Å². The van der Waals surface area contributed by atoms with Crippen molar-refractivity contribution < 1.29 is 18.4 Å². The minimum absolute atomic E-state index is 0.270. The fourth-order valence-corrected chi connectivity index (χ4v) is 2.98. The quantitative estimate of drug-likeness (QED) is 0.621. The number of carbonyl (C=O) groups is 2. The van der Waals surface area contributed by atoms with E-state index in [-0.39, 0.29) is 19.0 Å². The van der Waals surface area contributed by atoms with Crippen molar-refractivity contribution in [2.75, 3.05) is 18.4 Å². The molecule has 0 spiro atoms. The summed E-state index contributed by atoms with van der Waals surface area (Å²) in [4.78, 5) is 26.0. The van der Waals surface area contributed by atoms with E-state index in [0.717, 1.165) is 28.5 Å². The lowest BCUT2D eigenvalue weighted by molar-refractivity contribution is -0.130. The zero-order valence-corrected chi connectivity index (χ0v) is 15.9. The van der Waals surface area contributed by atoms with E-state index in [2.05, 4.69) is 5.32 Å². The molecule has 6 heteroatoms. The number of benzene rings is 3. The lowest BCUT2D eigenvalue weighted by atomic mass is 10.0. The Labute approximate surface area is 167 Å². The first-order valence-corrected chi connectivity index (χ1v) is 9.18. The molecule has 29 heavy (non-hydrogen) atoms. The average molecular weight is 394 g/mol. The van der Waals surface area contributed by atoms with Crippen molar-refractivity contribution in [2.24, 2.45) is 0 Å². The molecule has 0 fully saturated rings. The molecule has 3 aromatic carbocycles. The number of nitrogens with one attached hydrogen (secondary N) is 1. The number of amides is 2. The number of nitrogens with zero attached hydrogens (tertiary/aromatic N) is 1. The molecule has 3 aromatic rings. The number of carbonyl (C=O) groups excluding carboxylic acids is 2. The Hall–Kier alpha value is -3.54. The third kappa shape index (κ3) is 4.85. The zero-order chi connectivity index (χ0) is 20.8. The molecule has 2 amide bonds. The molecule has 0 aliphatic heterocycles. The van der Waals surface area contributed by atoms with Crippen LogP contribution in [0.5, 0.6) is 0 Å². The normalized spacial score (nSPS) is 11.0. The van der Waals surface area contributed by atoms with Crippen LogP contribution in [0.4, 0.5) is 14.5 Å². The fraction of sp³-hybridized carbons (Fsp3) is 0.130. The first kappa shape index (κ1) is 20.2. The van der Waals surface area contributed by atoms with Crippen molar-refractivity contribution >= 4 is 34.4 Å². The van der Waals surface area contributed by atoms with Gasteiger partial charge in [-0.3, -0.25) is 9.59 Å². The van der Waals surface area contributed by atoms with Gasteiger partial charge in [0.1, 0.15) is 23.9 Å². The smallest absolute Gasteiger partial charge is 0.247 e. The second-order valence-electron chi connectivity index (χ2n) is 6.40. The summed E-state index contributed by atoms with van der Waals surface area (Å²) in [6, 6.07) is 16.9. The van der Waals surface area contributed by atoms with Crippen molar-refractivity contribution in [3.8, 4) is 0 Å². The molecule has 3 rings (SSSR count). The molecule has 148 valence electrons. The predicted octanol–water partition coefficient (Wildman–Crippen LogP) is 4.62. The van der Waals surface area contributed by atoms with Gasteiger partial charge in [0.25, 0.3) is 0 Å². The van der Waals surface area contributed by atoms with Gasteiger partial charge in [-0.15, -0.1) is 0 Å². The van der Waals surface area contributed by atoms with Crippen LogP contribution in [0, 0.1) is 11.6 Å². The van der Waals surface area contributed by atoms with Crippen LogP contribution in [0.15, 0.2) is 66.7 Å². The zero-order valence-electron chi connectivity index (χ0n) is 15.9. The SMILES string of the molecule is CCN(CC(=O)Nc1c(F)cccc1F)C(=O)/C=C/c1cccc2ccccc12. The van der Waals surface area contributed by atoms with E-state index in [0.29, 0.717) is 0 Å². The van der Waals surface area contributed by atoms with Gasteiger partial charge >= 0.3 is 0 Å². The summed E-state index contributed by atoms with van der Waals surface area (Å²) < 4.78 is 27.4. The van der Waals surface area contributed by atoms with Gasteiger partial charge in [0.05, 0.1) is 0 Å². The van der Waals surface area contributed by atoms with Gasteiger partial charge in [0.2, 0.25) is 11.8 Å². The molecule has 0 unspecified atom stereocenters. The van der Waals surface area contributed by atoms with E-state index in [9.17, 15) is 18.4 Å². The van der Waals surface area contributed by atoms with Gasteiger partial charge in [0, 0.05) is 12.6 Å². The number of anilines is 1. The molecule has 0 aromatic heterocycles. The van der Waals surface area contributed by atoms with Crippen LogP contribution in [0.25, 0.3) is 16.8 Å². The van der Waals surface area contributed by atoms with Crippen LogP contribution in [0.1, 0.15) is 12.5 Å². The molecule has 0 heterocycles. The average Bonchev–Trinajstić information content (AvgIpc) is 2.73. The molecule has 0 atom stereocenters. The number of rotatable bonds is 6. The van der Waals surface area contributed by atoms with Gasteiger partial charge in [-0.1, -0.05) is 48.5 Å². The highest BCUT2D eigenvalue weighted by molar-refractivity contribution is 5.99. The lowest BCUT2D eigenvalue weighted by Crippen LogP contribution is -2.37. The monoisotopic (exact) mass is 394 g/mol. The van der Waals surface area contributed by atoms with Crippen LogP contribution in [-0.2, 0) is 9.59 Å². The van der Waals surface area contributed by atoms with Crippen molar-refractivity contribution in [3.63, 3.8) is 0 Å². The Morgan fingerprint density at radius 2 is 1.62 bits per heavy atom. The van der Waals surface area contributed by atoms with Crippen molar-refractivity contribution in [1.29, 1.82) is 0 Å². The molecule has 0 radical (unpaired) electrons. The van der Waals surface area contributed by atoms with Crippen molar-refractivity contribution in [2.45, 2.75) is 6.92 Å². The number of para-hydroxylation sites is 1. The van der Waals surface area contributed by atoms with Crippen molar-refractivity contribution in [1.82, 2.24) is 4.90 Å². The van der Waals surface area contributed by atoms with Crippen LogP contribution in [0.2, 0.25) is 0 Å². The van der Waals surface area contributed by atoms with E-state index >= 15 is 0 Å². The van der Waals surface area contributed by atoms with Crippen LogP contribution in [-0.4, -0.2) is 29.8 Å². The lowest BCUT2D eigenvalue weighted by Gasteiger charge is -2.19. The second kappa shape index (κ2) is 9.10. The molecular weight excluding hydrogens is 374 g/mol. The van der Waals surface area contributed by atoms with Gasteiger partial charge in [0.15, 0.2) is 0 Å². The largest absolute Gasteiger partial charge is 0.330 e. The number of hydrogen-bond donors (Lipinski definition) is 1. The molecule has 0 aliphatic rings. The molecule has 0 saturated carbocycles. The molecule has 0 bridgehead atoms. The first-order valence-electron chi connectivity index (χ1n) is 9.18. The van der Waals surface area contributed by atoms with Crippen LogP contribution in [0.3, 0.4) is 0 Å². The summed E-state index contributed by atoms with van der Waals surface area (Å²) in [5.41, 5.74) is 0.359. The summed E-state index contributed by atoms with van der Waals surface area (Å²) in [6.07, 6.45) is 3.09. The number of halogens is 2. The molecular formula is C23H20F2N2O2. The topological polar surface area (TPSA) is 49.4 Å². The maximum absolute atomic E-state index is 13.7. The van der Waals surface area contributed by atoms with E-state index < -0.39 is 23.2 Å². The van der Waals surface area contributed by atoms with Crippen LogP contribution >= 0.6 is 0 Å². The van der Waals surface area contributed by atoms with Gasteiger partial charge in [-0.25, -0.2) is 8.78 Å². The number of likely N-dealkylation sites (N-methyl/N-ethyl adjacent to an activating group) is 1. The Balaban J connectivity index is 1.70. The molecule has 4 nitrogen and oxygen atoms in total. The Kier molecular flexibility index (Phi) is 6.34. The highest BCUT2D eigenvalue weighted by Crippen LogP contribution is 2.20. The standard InChI is InChI=1S/C23H20F2N2O2/c1-2-27(15-21(28)26-23-19(24)11-6-12-20(23)25)22(29)14-13-17-9-5-8-16-7-3-4-10-18(16)17/h3-14H,2,15H2,1H3,(H,26,28)/b14-13+. The summed E-state index contributed by atoms with van der Waals surface area (Å²) in [6.45, 7) is 1.68. The van der Waals surface area contributed by atoms with Crippen LogP contribution < -0.4 is 5.32 Å². The number of hydrogen-bond acceptors (Lipinski definition) is 2. The van der Waals surface area contributed by atoms with Gasteiger partial charge in [-0.05, 0) is 41.5 Å². The second-order valence-corrected chi connectivity index (χ2v) is 6.40. The fourth-order valence-electron chi connectivity index (χ4n) is 2.98. The highest BCUT2D eigenvalue weighted by atomic mass is 19.1. The third-order valence-electron chi connectivity index (χ3n) is 4.48. The third-order valence-corrected chi connectivity index (χ3v) is 4.48. The summed E-state index contributed by atoms with van der Waals surface area (Å²) in [5, 5.41) is 4.25. The summed E-state index contributed by atoms with van der Waals surface area (Å²) in [7, 11) is 0. The van der Waals surface area contributed by atoms with E-state index in [1.54, 1.807) is 13.0 Å². The minimum Gasteiger partial charge on any atom is -0.330 e. The van der Waals surface area contributed by atoms with E-state index in [1.165, 1.54) is 17.0 Å². The first-order chi connectivity index (χ1) is 14.0. The van der Waals surface area contributed by atoms with Crippen molar-refractivity contribution in [3.05, 3.63) is 83.9 Å². The Morgan fingerprint density at radius 3 is 2.34 bits per heavy atom. The Morgan fingerprint density at radius 1 is 0.966 bits per heavy atom. The Bertz CT molecular complexity index is 1050. The van der Waals surface area contributed by atoms with Gasteiger partial charge in [-0.2, -0.15) is 0 Å². The maximum atomic E-state index is 13.7. The maximum Gasteiger partial charge on any atom is 0.247 e. The van der Waals surface area contributed by atoms with Gasteiger partial charge < -0.3 is 10.2 Å². The summed E-state index contributed by atoms with van der Waals surface area (Å²) >= 11 is 0. The van der Waals surface area contributed by atoms with E-state index in [4.69, 9.17) is 0 Å². The minimum atomic E-state index is -0.872. The predicted molar refractivity (Wildman–Crippen MR) is 110 cm³/mol. The molecule has 1 N–H and O–H groups in total. The molecule has 0 saturated heterocycles.